The summed E-state index contributed by atoms with van der Waals surface area (Å²) < 4.78 is 5.96. The van der Waals surface area contributed by atoms with Gasteiger partial charge >= 0.3 is 5.97 Å². The third-order valence-corrected chi connectivity index (χ3v) is 4.90. The Kier molecular flexibility index (Phi) is 6.37. The molecule has 0 aliphatic rings. The lowest BCUT2D eigenvalue weighted by atomic mass is 10.0. The number of nitrogens with zero attached hydrogens (tertiary/aromatic N) is 1. The zero-order chi connectivity index (χ0) is 19.2. The standard InChI is InChI=1S/C21H18ClNO3S/c1-2-27-17-6-7-20(18(22)13-17)26-16-10-14(11-21(24)25)9-15(12-16)19-5-3-4-8-23-19/h3-10,12-13H,2,11H2,1H3,(H,24,25). The second kappa shape index (κ2) is 8.93. The fourth-order valence-corrected chi connectivity index (χ4v) is 3.61. The van der Waals surface area contributed by atoms with E-state index in [4.69, 9.17) is 21.4 Å². The SMILES string of the molecule is CCSc1ccc(Oc2cc(CC(=O)O)cc(-c3ccccn3)c2)c(Cl)c1. The van der Waals surface area contributed by atoms with Crippen LogP contribution in [0.15, 0.2) is 65.7 Å². The van der Waals surface area contributed by atoms with Gasteiger partial charge in [-0.3, -0.25) is 9.78 Å². The van der Waals surface area contributed by atoms with E-state index in [1.807, 2.05) is 48.5 Å². The van der Waals surface area contributed by atoms with Crippen molar-refractivity contribution in [1.82, 2.24) is 4.98 Å². The molecule has 0 amide bonds. The van der Waals surface area contributed by atoms with E-state index in [0.29, 0.717) is 22.1 Å². The predicted octanol–water partition coefficient (Wildman–Crippen LogP) is 5.93. The highest BCUT2D eigenvalue weighted by molar-refractivity contribution is 7.99. The van der Waals surface area contributed by atoms with E-state index in [2.05, 4.69) is 11.9 Å². The summed E-state index contributed by atoms with van der Waals surface area (Å²) in [6.07, 6.45) is 1.59. The maximum atomic E-state index is 11.2. The van der Waals surface area contributed by atoms with Crippen molar-refractivity contribution in [3.8, 4) is 22.8 Å². The number of carboxylic acid groups (broad SMARTS) is 1. The summed E-state index contributed by atoms with van der Waals surface area (Å²) in [6.45, 7) is 2.08. The van der Waals surface area contributed by atoms with Gasteiger partial charge in [0.05, 0.1) is 17.1 Å². The lowest BCUT2D eigenvalue weighted by Crippen LogP contribution is -2.01. The Morgan fingerprint density at radius 2 is 2.04 bits per heavy atom. The van der Waals surface area contributed by atoms with Crippen molar-refractivity contribution in [2.75, 3.05) is 5.75 Å². The topological polar surface area (TPSA) is 59.4 Å². The summed E-state index contributed by atoms with van der Waals surface area (Å²) in [7, 11) is 0. The minimum Gasteiger partial charge on any atom is -0.481 e. The normalized spacial score (nSPS) is 10.6. The number of aromatic nitrogens is 1. The van der Waals surface area contributed by atoms with Gasteiger partial charge in [0.15, 0.2) is 0 Å². The van der Waals surface area contributed by atoms with Crippen LogP contribution in [0, 0.1) is 0 Å². The average Bonchev–Trinajstić information content (AvgIpc) is 2.64. The van der Waals surface area contributed by atoms with Crippen molar-refractivity contribution in [2.45, 2.75) is 18.2 Å². The summed E-state index contributed by atoms with van der Waals surface area (Å²) in [5, 5.41) is 9.66. The Bertz CT molecular complexity index is 947. The molecule has 0 unspecified atom stereocenters. The molecular weight excluding hydrogens is 382 g/mol. The van der Waals surface area contributed by atoms with Crippen LogP contribution >= 0.6 is 23.4 Å². The molecule has 0 aliphatic carbocycles. The second-order valence-electron chi connectivity index (χ2n) is 5.78. The van der Waals surface area contributed by atoms with Crippen LogP contribution in [-0.4, -0.2) is 21.8 Å². The zero-order valence-electron chi connectivity index (χ0n) is 14.7. The van der Waals surface area contributed by atoms with Gasteiger partial charge in [-0.1, -0.05) is 24.6 Å². The molecule has 6 heteroatoms. The second-order valence-corrected chi connectivity index (χ2v) is 7.52. The molecule has 1 N–H and O–H groups in total. The Hall–Kier alpha value is -2.50. The molecule has 0 saturated heterocycles. The predicted molar refractivity (Wildman–Crippen MR) is 109 cm³/mol. The number of carboxylic acids is 1. The van der Waals surface area contributed by atoms with Crippen LogP contribution in [0.5, 0.6) is 11.5 Å². The molecule has 3 rings (SSSR count). The molecule has 1 aromatic heterocycles. The number of benzene rings is 2. The fraction of sp³-hybridized carbons (Fsp3) is 0.143. The molecular formula is C21H18ClNO3S. The molecule has 4 nitrogen and oxygen atoms in total. The van der Waals surface area contributed by atoms with Crippen molar-refractivity contribution in [2.24, 2.45) is 0 Å². The minimum atomic E-state index is -0.905. The van der Waals surface area contributed by atoms with Crippen LogP contribution in [0.2, 0.25) is 5.02 Å². The number of aliphatic carboxylic acids is 1. The van der Waals surface area contributed by atoms with Gasteiger partial charge in [-0.2, -0.15) is 0 Å². The van der Waals surface area contributed by atoms with E-state index in [9.17, 15) is 4.79 Å². The van der Waals surface area contributed by atoms with E-state index in [0.717, 1.165) is 21.9 Å². The van der Waals surface area contributed by atoms with E-state index in [1.54, 1.807) is 24.0 Å². The van der Waals surface area contributed by atoms with Gasteiger partial charge in [-0.25, -0.2) is 0 Å². The third-order valence-electron chi connectivity index (χ3n) is 3.72. The van der Waals surface area contributed by atoms with Crippen LogP contribution in [0.4, 0.5) is 0 Å². The maximum Gasteiger partial charge on any atom is 0.307 e. The summed E-state index contributed by atoms with van der Waals surface area (Å²) in [5.41, 5.74) is 2.17. The lowest BCUT2D eigenvalue weighted by molar-refractivity contribution is -0.136. The largest absolute Gasteiger partial charge is 0.481 e. The zero-order valence-corrected chi connectivity index (χ0v) is 16.3. The first-order valence-corrected chi connectivity index (χ1v) is 9.79. The fourth-order valence-electron chi connectivity index (χ4n) is 2.63. The van der Waals surface area contributed by atoms with Gasteiger partial charge in [-0.05, 0) is 59.8 Å². The number of pyridine rings is 1. The van der Waals surface area contributed by atoms with Gasteiger partial charge in [0.2, 0.25) is 0 Å². The first kappa shape index (κ1) is 19.3. The molecule has 3 aromatic rings. The third kappa shape index (κ3) is 5.25. The lowest BCUT2D eigenvalue weighted by Gasteiger charge is -2.12. The first-order chi connectivity index (χ1) is 13.0. The average molecular weight is 400 g/mol. The summed E-state index contributed by atoms with van der Waals surface area (Å²) in [5.74, 6) is 1.10. The number of hydrogen-bond donors (Lipinski definition) is 1. The van der Waals surface area contributed by atoms with E-state index in [-0.39, 0.29) is 6.42 Å². The Morgan fingerprint density at radius 1 is 1.19 bits per heavy atom. The van der Waals surface area contributed by atoms with Gasteiger partial charge in [0.25, 0.3) is 0 Å². The molecule has 0 radical (unpaired) electrons. The maximum absolute atomic E-state index is 11.2. The monoisotopic (exact) mass is 399 g/mol. The van der Waals surface area contributed by atoms with Gasteiger partial charge in [0, 0.05) is 16.7 Å². The van der Waals surface area contributed by atoms with Crippen LogP contribution in [-0.2, 0) is 11.2 Å². The summed E-state index contributed by atoms with van der Waals surface area (Å²) >= 11 is 8.05. The van der Waals surface area contributed by atoms with Crippen molar-refractivity contribution >= 4 is 29.3 Å². The van der Waals surface area contributed by atoms with Crippen molar-refractivity contribution in [3.05, 3.63) is 71.4 Å². The van der Waals surface area contributed by atoms with Gasteiger partial charge in [0.1, 0.15) is 11.5 Å². The number of ether oxygens (including phenoxy) is 1. The highest BCUT2D eigenvalue weighted by Crippen LogP contribution is 2.35. The molecule has 138 valence electrons. The Morgan fingerprint density at radius 3 is 2.70 bits per heavy atom. The minimum absolute atomic E-state index is 0.100. The molecule has 2 aromatic carbocycles. The molecule has 0 spiro atoms. The van der Waals surface area contributed by atoms with Crippen molar-refractivity contribution < 1.29 is 14.6 Å². The molecule has 0 saturated carbocycles. The first-order valence-electron chi connectivity index (χ1n) is 8.42. The quantitative estimate of drug-likeness (QED) is 0.498. The van der Waals surface area contributed by atoms with Crippen molar-refractivity contribution in [1.29, 1.82) is 0 Å². The number of carbonyl (C=O) groups is 1. The Balaban J connectivity index is 1.95. The molecule has 1 heterocycles. The van der Waals surface area contributed by atoms with E-state index < -0.39 is 5.97 Å². The van der Waals surface area contributed by atoms with Crippen LogP contribution < -0.4 is 4.74 Å². The number of hydrogen-bond acceptors (Lipinski definition) is 4. The van der Waals surface area contributed by atoms with Crippen LogP contribution in [0.1, 0.15) is 12.5 Å². The van der Waals surface area contributed by atoms with Crippen LogP contribution in [0.25, 0.3) is 11.3 Å². The van der Waals surface area contributed by atoms with E-state index >= 15 is 0 Å². The number of thioether (sulfide) groups is 1. The molecule has 27 heavy (non-hydrogen) atoms. The van der Waals surface area contributed by atoms with Crippen molar-refractivity contribution in [3.63, 3.8) is 0 Å². The molecule has 0 fully saturated rings. The Labute approximate surface area is 167 Å². The smallest absolute Gasteiger partial charge is 0.307 e. The highest BCUT2D eigenvalue weighted by atomic mass is 35.5. The van der Waals surface area contributed by atoms with E-state index in [1.165, 1.54) is 0 Å². The molecule has 0 bridgehead atoms. The van der Waals surface area contributed by atoms with Gasteiger partial charge < -0.3 is 9.84 Å². The molecule has 0 aliphatic heterocycles. The molecule has 0 atom stereocenters. The van der Waals surface area contributed by atoms with Gasteiger partial charge in [-0.15, -0.1) is 11.8 Å². The number of rotatable bonds is 7. The van der Waals surface area contributed by atoms with Crippen LogP contribution in [0.3, 0.4) is 0 Å². The summed E-state index contributed by atoms with van der Waals surface area (Å²) in [4.78, 5) is 16.6. The number of halogens is 1. The highest BCUT2D eigenvalue weighted by Gasteiger charge is 2.11. The summed E-state index contributed by atoms with van der Waals surface area (Å²) in [6, 6.07) is 16.6.